The standard InChI is InChI=1S/C19H21ClN2O/c20-18-6-2-1-5-15(18)7-12-19(23)21-16-8-10-17(11-9-16)22-13-3-4-14-22/h1-2,5-6,8-11H,3-4,7,12-14H2,(H,21,23). The van der Waals surface area contributed by atoms with Crippen LogP contribution in [0.3, 0.4) is 0 Å². The van der Waals surface area contributed by atoms with E-state index in [1.54, 1.807) is 0 Å². The van der Waals surface area contributed by atoms with Gasteiger partial charge < -0.3 is 10.2 Å². The topological polar surface area (TPSA) is 32.3 Å². The highest BCUT2D eigenvalue weighted by atomic mass is 35.5. The van der Waals surface area contributed by atoms with Crippen molar-refractivity contribution in [3.8, 4) is 0 Å². The average molecular weight is 329 g/mol. The summed E-state index contributed by atoms with van der Waals surface area (Å²) in [4.78, 5) is 14.5. The van der Waals surface area contributed by atoms with Crippen molar-refractivity contribution < 1.29 is 4.79 Å². The lowest BCUT2D eigenvalue weighted by atomic mass is 10.1. The predicted molar refractivity (Wildman–Crippen MR) is 96.3 cm³/mol. The van der Waals surface area contributed by atoms with Gasteiger partial charge in [0.2, 0.25) is 5.91 Å². The van der Waals surface area contributed by atoms with Crippen molar-refractivity contribution in [2.45, 2.75) is 25.7 Å². The lowest BCUT2D eigenvalue weighted by Crippen LogP contribution is -2.17. The number of carbonyl (C=O) groups is 1. The number of aryl methyl sites for hydroxylation is 1. The molecule has 0 aliphatic carbocycles. The highest BCUT2D eigenvalue weighted by Crippen LogP contribution is 2.22. The zero-order valence-electron chi connectivity index (χ0n) is 13.1. The number of halogens is 1. The molecule has 1 aliphatic heterocycles. The first kappa shape index (κ1) is 15.9. The summed E-state index contributed by atoms with van der Waals surface area (Å²) in [5.74, 6) is 0.0128. The van der Waals surface area contributed by atoms with Crippen molar-refractivity contribution in [1.82, 2.24) is 0 Å². The van der Waals surface area contributed by atoms with Gasteiger partial charge in [-0.05, 0) is 55.2 Å². The first-order valence-electron chi connectivity index (χ1n) is 8.10. The van der Waals surface area contributed by atoms with Crippen molar-refractivity contribution >= 4 is 28.9 Å². The molecule has 1 N–H and O–H groups in total. The number of nitrogens with one attached hydrogen (secondary N) is 1. The average Bonchev–Trinajstić information content (AvgIpc) is 3.09. The molecule has 3 rings (SSSR count). The van der Waals surface area contributed by atoms with Gasteiger partial charge in [0, 0.05) is 35.9 Å². The Bertz CT molecular complexity index is 663. The highest BCUT2D eigenvalue weighted by Gasteiger charge is 2.12. The van der Waals surface area contributed by atoms with Crippen molar-refractivity contribution in [2.75, 3.05) is 23.3 Å². The molecule has 23 heavy (non-hydrogen) atoms. The first-order valence-corrected chi connectivity index (χ1v) is 8.48. The zero-order valence-corrected chi connectivity index (χ0v) is 13.9. The third-order valence-electron chi connectivity index (χ3n) is 4.20. The Kier molecular flexibility index (Phi) is 5.19. The number of hydrogen-bond donors (Lipinski definition) is 1. The summed E-state index contributed by atoms with van der Waals surface area (Å²) >= 11 is 6.11. The smallest absolute Gasteiger partial charge is 0.224 e. The minimum Gasteiger partial charge on any atom is -0.372 e. The molecule has 0 aromatic heterocycles. The molecule has 120 valence electrons. The van der Waals surface area contributed by atoms with Gasteiger partial charge in [-0.25, -0.2) is 0 Å². The molecule has 0 radical (unpaired) electrons. The van der Waals surface area contributed by atoms with Gasteiger partial charge in [0.05, 0.1) is 0 Å². The fourth-order valence-electron chi connectivity index (χ4n) is 2.90. The van der Waals surface area contributed by atoms with Crippen LogP contribution in [0.1, 0.15) is 24.8 Å². The maximum Gasteiger partial charge on any atom is 0.224 e. The second kappa shape index (κ2) is 7.51. The lowest BCUT2D eigenvalue weighted by Gasteiger charge is -2.17. The molecular formula is C19H21ClN2O. The van der Waals surface area contributed by atoms with E-state index < -0.39 is 0 Å². The summed E-state index contributed by atoms with van der Waals surface area (Å²) < 4.78 is 0. The molecule has 3 nitrogen and oxygen atoms in total. The molecule has 0 spiro atoms. The van der Waals surface area contributed by atoms with E-state index >= 15 is 0 Å². The molecule has 2 aromatic carbocycles. The van der Waals surface area contributed by atoms with Crippen LogP contribution in [0.15, 0.2) is 48.5 Å². The van der Waals surface area contributed by atoms with E-state index in [0.29, 0.717) is 12.8 Å². The lowest BCUT2D eigenvalue weighted by molar-refractivity contribution is -0.116. The molecule has 1 saturated heterocycles. The van der Waals surface area contributed by atoms with Gasteiger partial charge in [-0.3, -0.25) is 4.79 Å². The van der Waals surface area contributed by atoms with Crippen molar-refractivity contribution in [1.29, 1.82) is 0 Å². The van der Waals surface area contributed by atoms with Crippen LogP contribution in [0.2, 0.25) is 5.02 Å². The normalized spacial score (nSPS) is 14.0. The number of amides is 1. The van der Waals surface area contributed by atoms with E-state index in [1.165, 1.54) is 18.5 Å². The van der Waals surface area contributed by atoms with Crippen LogP contribution in [-0.2, 0) is 11.2 Å². The Morgan fingerprint density at radius 2 is 1.74 bits per heavy atom. The number of carbonyl (C=O) groups excluding carboxylic acids is 1. The minimum absolute atomic E-state index is 0.0128. The number of nitrogens with zero attached hydrogens (tertiary/aromatic N) is 1. The van der Waals surface area contributed by atoms with Gasteiger partial charge in [0.15, 0.2) is 0 Å². The Morgan fingerprint density at radius 3 is 2.43 bits per heavy atom. The van der Waals surface area contributed by atoms with E-state index in [9.17, 15) is 4.79 Å². The summed E-state index contributed by atoms with van der Waals surface area (Å²) in [6.45, 7) is 2.26. The summed E-state index contributed by atoms with van der Waals surface area (Å²) in [5.41, 5.74) is 3.09. The van der Waals surface area contributed by atoms with E-state index in [4.69, 9.17) is 11.6 Å². The van der Waals surface area contributed by atoms with Crippen LogP contribution in [0.25, 0.3) is 0 Å². The van der Waals surface area contributed by atoms with Crippen molar-refractivity contribution in [3.63, 3.8) is 0 Å². The van der Waals surface area contributed by atoms with Crippen molar-refractivity contribution in [2.24, 2.45) is 0 Å². The number of benzene rings is 2. The molecule has 0 saturated carbocycles. The van der Waals surface area contributed by atoms with Gasteiger partial charge in [0.1, 0.15) is 0 Å². The van der Waals surface area contributed by atoms with Crippen LogP contribution in [0, 0.1) is 0 Å². The summed E-state index contributed by atoms with van der Waals surface area (Å²) in [6, 6.07) is 15.8. The highest BCUT2D eigenvalue weighted by molar-refractivity contribution is 6.31. The molecule has 0 atom stereocenters. The van der Waals surface area contributed by atoms with Gasteiger partial charge in [-0.15, -0.1) is 0 Å². The van der Waals surface area contributed by atoms with Crippen LogP contribution in [-0.4, -0.2) is 19.0 Å². The molecule has 0 unspecified atom stereocenters. The van der Waals surface area contributed by atoms with E-state index in [1.807, 2.05) is 36.4 Å². The quantitative estimate of drug-likeness (QED) is 0.875. The fraction of sp³-hybridized carbons (Fsp3) is 0.316. The van der Waals surface area contributed by atoms with Gasteiger partial charge in [-0.1, -0.05) is 29.8 Å². The third-order valence-corrected chi connectivity index (χ3v) is 4.57. The summed E-state index contributed by atoms with van der Waals surface area (Å²) in [6.07, 6.45) is 3.61. The maximum absolute atomic E-state index is 12.1. The van der Waals surface area contributed by atoms with Gasteiger partial charge >= 0.3 is 0 Å². The molecular weight excluding hydrogens is 308 g/mol. The molecule has 2 aromatic rings. The van der Waals surface area contributed by atoms with E-state index in [-0.39, 0.29) is 5.91 Å². The molecule has 1 aliphatic rings. The first-order chi connectivity index (χ1) is 11.2. The molecule has 1 fully saturated rings. The van der Waals surface area contributed by atoms with Crippen LogP contribution in [0.5, 0.6) is 0 Å². The molecule has 0 bridgehead atoms. The van der Waals surface area contributed by atoms with Crippen LogP contribution >= 0.6 is 11.6 Å². The molecule has 1 heterocycles. The van der Waals surface area contributed by atoms with Gasteiger partial charge in [0.25, 0.3) is 0 Å². The molecule has 4 heteroatoms. The Labute approximate surface area is 142 Å². The fourth-order valence-corrected chi connectivity index (χ4v) is 3.13. The van der Waals surface area contributed by atoms with E-state index in [0.717, 1.165) is 29.4 Å². The predicted octanol–water partition coefficient (Wildman–Crippen LogP) is 4.51. The van der Waals surface area contributed by atoms with E-state index in [2.05, 4.69) is 22.3 Å². The van der Waals surface area contributed by atoms with Crippen LogP contribution in [0.4, 0.5) is 11.4 Å². The maximum atomic E-state index is 12.1. The summed E-state index contributed by atoms with van der Waals surface area (Å²) in [7, 11) is 0. The largest absolute Gasteiger partial charge is 0.372 e. The van der Waals surface area contributed by atoms with Crippen molar-refractivity contribution in [3.05, 3.63) is 59.1 Å². The van der Waals surface area contributed by atoms with Gasteiger partial charge in [-0.2, -0.15) is 0 Å². The Hall–Kier alpha value is -2.00. The number of hydrogen-bond acceptors (Lipinski definition) is 2. The van der Waals surface area contributed by atoms with Crippen LogP contribution < -0.4 is 10.2 Å². The zero-order chi connectivity index (χ0) is 16.1. The molecule has 1 amide bonds. The third kappa shape index (κ3) is 4.26. The SMILES string of the molecule is O=C(CCc1ccccc1Cl)Nc1ccc(N2CCCC2)cc1. The Balaban J connectivity index is 1.52. The monoisotopic (exact) mass is 328 g/mol. The summed E-state index contributed by atoms with van der Waals surface area (Å²) in [5, 5.41) is 3.67. The second-order valence-electron chi connectivity index (χ2n) is 5.88. The second-order valence-corrected chi connectivity index (χ2v) is 6.29. The Morgan fingerprint density at radius 1 is 1.04 bits per heavy atom. The number of rotatable bonds is 5. The number of anilines is 2. The minimum atomic E-state index is 0.0128.